The normalized spacial score (nSPS) is 19.4. The molecule has 2 aliphatic rings. The number of piperazine rings is 1. The van der Waals surface area contributed by atoms with E-state index in [2.05, 4.69) is 6.07 Å². The first-order valence-electron chi connectivity index (χ1n) is 7.06. The van der Waals surface area contributed by atoms with Gasteiger partial charge in [-0.3, -0.25) is 9.69 Å². The number of hydrogen-bond donors (Lipinski definition) is 1. The van der Waals surface area contributed by atoms with Crippen LogP contribution in [-0.2, 0) is 4.79 Å². The summed E-state index contributed by atoms with van der Waals surface area (Å²) in [6, 6.07) is 8.16. The number of carbonyl (C=O) groups excluding carboxylic acids is 1. The van der Waals surface area contributed by atoms with E-state index >= 15 is 0 Å². The first kappa shape index (κ1) is 15.1. The second kappa shape index (κ2) is 6.46. The summed E-state index contributed by atoms with van der Waals surface area (Å²) in [5.74, 6) is 1.66. The second-order valence-electron chi connectivity index (χ2n) is 5.40. The largest absolute Gasteiger partial charge is 1.00 e. The van der Waals surface area contributed by atoms with E-state index in [1.54, 1.807) is 7.11 Å². The molecule has 5 heteroatoms. The van der Waals surface area contributed by atoms with Crippen LogP contribution in [0.1, 0.15) is 12.8 Å². The molecule has 1 amide bonds. The van der Waals surface area contributed by atoms with E-state index in [1.165, 1.54) is 10.6 Å². The van der Waals surface area contributed by atoms with Gasteiger partial charge in [0.15, 0.2) is 11.4 Å². The predicted molar refractivity (Wildman–Crippen MR) is 72.7 cm³/mol. The number of nitrogens with zero attached hydrogens (tertiary/aromatic N) is 1. The molecule has 0 radical (unpaired) electrons. The first-order valence-corrected chi connectivity index (χ1v) is 7.06. The number of amides is 1. The minimum absolute atomic E-state index is 0. The maximum Gasteiger partial charge on any atom is 0.226 e. The van der Waals surface area contributed by atoms with Gasteiger partial charge >= 0.3 is 0 Å². The quantitative estimate of drug-likeness (QED) is 0.667. The van der Waals surface area contributed by atoms with Gasteiger partial charge in [-0.1, -0.05) is 12.1 Å². The van der Waals surface area contributed by atoms with Crippen molar-refractivity contribution in [3.63, 3.8) is 0 Å². The van der Waals surface area contributed by atoms with E-state index in [9.17, 15) is 4.79 Å². The monoisotopic (exact) mass is 296 g/mol. The zero-order valence-corrected chi connectivity index (χ0v) is 12.5. The van der Waals surface area contributed by atoms with Crippen molar-refractivity contribution in [3.05, 3.63) is 24.3 Å². The fourth-order valence-electron chi connectivity index (χ4n) is 2.79. The van der Waals surface area contributed by atoms with Crippen molar-refractivity contribution in [2.24, 2.45) is 5.92 Å². The first-order chi connectivity index (χ1) is 9.29. The second-order valence-corrected chi connectivity index (χ2v) is 5.40. The number of halogens is 1. The average Bonchev–Trinajstić information content (AvgIpc) is 3.31. The molecule has 2 fully saturated rings. The third-order valence-electron chi connectivity index (χ3n) is 4.09. The Hall–Kier alpha value is -1.26. The minimum Gasteiger partial charge on any atom is -1.00 e. The van der Waals surface area contributed by atoms with Gasteiger partial charge in [0.2, 0.25) is 5.91 Å². The lowest BCUT2D eigenvalue weighted by atomic mass is 10.2. The Bertz CT molecular complexity index is 469. The van der Waals surface area contributed by atoms with Crippen molar-refractivity contribution in [2.45, 2.75) is 12.8 Å². The molecule has 1 aliphatic carbocycles. The van der Waals surface area contributed by atoms with Crippen molar-refractivity contribution in [3.8, 4) is 5.75 Å². The zero-order valence-electron chi connectivity index (χ0n) is 11.8. The molecule has 1 N–H and O–H groups in total. The Morgan fingerprint density at radius 2 is 1.90 bits per heavy atom. The van der Waals surface area contributed by atoms with Crippen LogP contribution in [0.4, 0.5) is 5.69 Å². The zero-order chi connectivity index (χ0) is 13.2. The molecule has 0 unspecified atom stereocenters. The van der Waals surface area contributed by atoms with Crippen molar-refractivity contribution in [1.82, 2.24) is 4.90 Å². The van der Waals surface area contributed by atoms with Crippen LogP contribution in [0.3, 0.4) is 0 Å². The van der Waals surface area contributed by atoms with Crippen LogP contribution in [0.5, 0.6) is 5.75 Å². The van der Waals surface area contributed by atoms with Crippen molar-refractivity contribution in [2.75, 3.05) is 33.3 Å². The summed E-state index contributed by atoms with van der Waals surface area (Å²) in [7, 11) is 1.71. The summed E-state index contributed by atoms with van der Waals surface area (Å²) in [5.41, 5.74) is 1.21. The molecule has 1 aromatic rings. The van der Waals surface area contributed by atoms with Gasteiger partial charge < -0.3 is 22.0 Å². The molecule has 0 atom stereocenters. The average molecular weight is 297 g/mol. The Balaban J connectivity index is 0.00000147. The third-order valence-corrected chi connectivity index (χ3v) is 4.09. The number of quaternary nitrogens is 1. The summed E-state index contributed by atoms with van der Waals surface area (Å²) >= 11 is 0. The van der Waals surface area contributed by atoms with Crippen LogP contribution in [0, 0.1) is 5.92 Å². The SMILES string of the molecule is COc1ccccc1[NH+]1CCN(C(=O)C2CC2)CC1.[Cl-]. The summed E-state index contributed by atoms with van der Waals surface area (Å²) in [6.45, 7) is 3.67. The Kier molecular flexibility index (Phi) is 4.89. The highest BCUT2D eigenvalue weighted by atomic mass is 35.5. The fraction of sp³-hybridized carbons (Fsp3) is 0.533. The lowest BCUT2D eigenvalue weighted by Crippen LogP contribution is -3.10. The lowest BCUT2D eigenvalue weighted by Gasteiger charge is -2.32. The maximum absolute atomic E-state index is 12.0. The molecule has 1 saturated carbocycles. The van der Waals surface area contributed by atoms with E-state index < -0.39 is 0 Å². The predicted octanol–water partition coefficient (Wildman–Crippen LogP) is -2.53. The van der Waals surface area contributed by atoms with Crippen molar-refractivity contribution < 1.29 is 26.8 Å². The van der Waals surface area contributed by atoms with E-state index in [4.69, 9.17) is 4.74 Å². The van der Waals surface area contributed by atoms with Gasteiger partial charge in [0.25, 0.3) is 0 Å². The molecule has 20 heavy (non-hydrogen) atoms. The molecule has 110 valence electrons. The summed E-state index contributed by atoms with van der Waals surface area (Å²) in [6.07, 6.45) is 2.19. The number of rotatable bonds is 3. The van der Waals surface area contributed by atoms with E-state index in [0.29, 0.717) is 11.8 Å². The Morgan fingerprint density at radius 3 is 2.50 bits per heavy atom. The number of nitrogens with one attached hydrogen (secondary N) is 1. The molecular weight excluding hydrogens is 276 g/mol. The molecule has 0 bridgehead atoms. The number of carbonyl (C=O) groups is 1. The number of ether oxygens (including phenoxy) is 1. The van der Waals surface area contributed by atoms with Crippen LogP contribution >= 0.6 is 0 Å². The molecular formula is C15H21ClN2O2. The maximum atomic E-state index is 12.0. The van der Waals surface area contributed by atoms with Crippen LogP contribution < -0.4 is 22.0 Å². The molecule has 3 rings (SSSR count). The Labute approximate surface area is 126 Å². The summed E-state index contributed by atoms with van der Waals surface area (Å²) < 4.78 is 5.42. The molecule has 1 saturated heterocycles. The highest BCUT2D eigenvalue weighted by Gasteiger charge is 2.36. The van der Waals surface area contributed by atoms with Crippen LogP contribution in [0.2, 0.25) is 0 Å². The smallest absolute Gasteiger partial charge is 0.226 e. The van der Waals surface area contributed by atoms with Gasteiger partial charge in [-0.05, 0) is 18.9 Å². The number of para-hydroxylation sites is 2. The number of hydrogen-bond acceptors (Lipinski definition) is 2. The molecule has 1 aliphatic heterocycles. The van der Waals surface area contributed by atoms with Gasteiger partial charge in [-0.25, -0.2) is 0 Å². The van der Waals surface area contributed by atoms with Crippen LogP contribution in [-0.4, -0.2) is 44.1 Å². The van der Waals surface area contributed by atoms with Crippen molar-refractivity contribution in [1.29, 1.82) is 0 Å². The molecule has 0 aromatic heterocycles. The molecule has 1 heterocycles. The molecule has 4 nitrogen and oxygen atoms in total. The van der Waals surface area contributed by atoms with Gasteiger partial charge in [-0.15, -0.1) is 0 Å². The summed E-state index contributed by atoms with van der Waals surface area (Å²) in [4.78, 5) is 15.5. The summed E-state index contributed by atoms with van der Waals surface area (Å²) in [5, 5.41) is 0. The standard InChI is InChI=1S/C15H20N2O2.ClH/c1-19-14-5-3-2-4-13(14)16-8-10-17(11-9-16)15(18)12-6-7-12;/h2-5,12H,6-11H2,1H3;1H. The van der Waals surface area contributed by atoms with Gasteiger partial charge in [0.1, 0.15) is 0 Å². The number of benzene rings is 1. The van der Waals surface area contributed by atoms with E-state index in [-0.39, 0.29) is 12.4 Å². The third kappa shape index (κ3) is 3.07. The fourth-order valence-corrected chi connectivity index (χ4v) is 2.79. The van der Waals surface area contributed by atoms with Gasteiger partial charge in [-0.2, -0.15) is 0 Å². The molecule has 1 aromatic carbocycles. The van der Waals surface area contributed by atoms with Crippen LogP contribution in [0.15, 0.2) is 24.3 Å². The minimum atomic E-state index is 0. The molecule has 0 spiro atoms. The highest BCUT2D eigenvalue weighted by Crippen LogP contribution is 2.31. The van der Waals surface area contributed by atoms with Gasteiger partial charge in [0.05, 0.1) is 33.3 Å². The lowest BCUT2D eigenvalue weighted by molar-refractivity contribution is -0.837. The number of methoxy groups -OCH3 is 1. The van der Waals surface area contributed by atoms with Gasteiger partial charge in [0, 0.05) is 12.0 Å². The highest BCUT2D eigenvalue weighted by molar-refractivity contribution is 5.81. The van der Waals surface area contributed by atoms with Crippen molar-refractivity contribution >= 4 is 11.6 Å². The van der Waals surface area contributed by atoms with E-state index in [0.717, 1.165) is 44.8 Å². The van der Waals surface area contributed by atoms with Crippen LogP contribution in [0.25, 0.3) is 0 Å². The van der Waals surface area contributed by atoms with E-state index in [1.807, 2.05) is 23.1 Å². The topological polar surface area (TPSA) is 34.0 Å². The Morgan fingerprint density at radius 1 is 1.25 bits per heavy atom.